The first kappa shape index (κ1) is 18.7. The van der Waals surface area contributed by atoms with Crippen LogP contribution in [0, 0.1) is 5.92 Å². The van der Waals surface area contributed by atoms with Gasteiger partial charge in [0.1, 0.15) is 12.3 Å². The fraction of sp³-hybridized carbons (Fsp3) is 0.533. The van der Waals surface area contributed by atoms with Crippen molar-refractivity contribution in [3.8, 4) is 5.75 Å². The molecule has 0 bridgehead atoms. The second-order valence-electron chi connectivity index (χ2n) is 4.78. The molecule has 1 atom stereocenters. The second-order valence-corrected chi connectivity index (χ2v) is 6.64. The molecule has 124 valence electrons. The van der Waals surface area contributed by atoms with Crippen LogP contribution in [-0.2, 0) is 18.6 Å². The predicted octanol–water partition coefficient (Wildman–Crippen LogP) is 3.39. The van der Waals surface area contributed by atoms with Gasteiger partial charge in [-0.2, -0.15) is 0 Å². The third-order valence-corrected chi connectivity index (χ3v) is 4.74. The maximum Gasteiger partial charge on any atom is 0.458 e. The van der Waals surface area contributed by atoms with Crippen LogP contribution in [0.3, 0.4) is 0 Å². The van der Waals surface area contributed by atoms with Crippen LogP contribution in [0.5, 0.6) is 5.75 Å². The Morgan fingerprint density at radius 2 is 1.86 bits per heavy atom. The summed E-state index contributed by atoms with van der Waals surface area (Å²) in [4.78, 5) is 11.7. The van der Waals surface area contributed by atoms with Gasteiger partial charge in [-0.15, -0.1) is 0 Å². The van der Waals surface area contributed by atoms with E-state index in [2.05, 4.69) is 5.09 Å². The molecular formula is C15H24NO5P. The van der Waals surface area contributed by atoms with Crippen LogP contribution >= 0.6 is 7.75 Å². The quantitative estimate of drug-likeness (QED) is 0.524. The number of benzene rings is 1. The molecule has 1 aromatic carbocycles. The van der Waals surface area contributed by atoms with Crippen molar-refractivity contribution in [3.05, 3.63) is 30.3 Å². The maximum absolute atomic E-state index is 12.3. The van der Waals surface area contributed by atoms with Gasteiger partial charge in [-0.1, -0.05) is 44.9 Å². The summed E-state index contributed by atoms with van der Waals surface area (Å²) >= 11 is 0. The molecule has 0 heterocycles. The van der Waals surface area contributed by atoms with E-state index in [4.69, 9.17) is 13.8 Å². The molecule has 0 fully saturated rings. The summed E-state index contributed by atoms with van der Waals surface area (Å²) in [5, 5.41) is 2.49. The van der Waals surface area contributed by atoms with Crippen molar-refractivity contribution >= 4 is 13.7 Å². The highest BCUT2D eigenvalue weighted by Crippen LogP contribution is 2.42. The Morgan fingerprint density at radius 3 is 2.41 bits per heavy atom. The number of hydrogen-bond donors (Lipinski definition) is 1. The molecule has 0 aromatic heterocycles. The summed E-state index contributed by atoms with van der Waals surface area (Å²) in [6.45, 7) is 4.22. The fourth-order valence-electron chi connectivity index (χ4n) is 1.70. The van der Waals surface area contributed by atoms with E-state index in [1.54, 1.807) is 24.3 Å². The van der Waals surface area contributed by atoms with Crippen molar-refractivity contribution in [2.24, 2.45) is 5.92 Å². The molecule has 0 aliphatic rings. The largest absolute Gasteiger partial charge is 0.464 e. The molecular weight excluding hydrogens is 305 g/mol. The van der Waals surface area contributed by atoms with Crippen LogP contribution in [0.15, 0.2) is 30.3 Å². The predicted molar refractivity (Wildman–Crippen MR) is 84.7 cm³/mol. The second kappa shape index (κ2) is 9.62. The number of ether oxygens (including phenoxy) is 1. The third kappa shape index (κ3) is 6.60. The van der Waals surface area contributed by atoms with Gasteiger partial charge >= 0.3 is 13.7 Å². The first-order valence-electron chi connectivity index (χ1n) is 7.34. The monoisotopic (exact) mass is 329 g/mol. The minimum Gasteiger partial charge on any atom is -0.464 e. The standard InChI is InChI=1S/C15H24NO5P/c1-4-13(5-2)12-20-15(17)11-16-22(18,19-3)21-14-9-7-6-8-10-14/h6-10,13H,4-5,11-12H2,1-3H3,(H,16,18). The molecule has 6 nitrogen and oxygen atoms in total. The van der Waals surface area contributed by atoms with Crippen LogP contribution in [0.4, 0.5) is 0 Å². The number of esters is 1. The Kier molecular flexibility index (Phi) is 8.17. The summed E-state index contributed by atoms with van der Waals surface area (Å²) < 4.78 is 27.6. The molecule has 1 N–H and O–H groups in total. The minimum atomic E-state index is -3.59. The highest BCUT2D eigenvalue weighted by molar-refractivity contribution is 7.52. The first-order valence-corrected chi connectivity index (χ1v) is 8.88. The minimum absolute atomic E-state index is 0.238. The molecule has 0 aliphatic carbocycles. The Balaban J connectivity index is 2.45. The normalized spacial score (nSPS) is 13.6. The van der Waals surface area contributed by atoms with Gasteiger partial charge in [-0.25, -0.2) is 9.65 Å². The number of rotatable bonds is 10. The molecule has 1 rings (SSSR count). The third-order valence-electron chi connectivity index (χ3n) is 3.26. The number of hydrogen-bond acceptors (Lipinski definition) is 5. The number of carbonyl (C=O) groups excluding carboxylic acids is 1. The van der Waals surface area contributed by atoms with Crippen molar-refractivity contribution in [3.63, 3.8) is 0 Å². The maximum atomic E-state index is 12.3. The Labute approximate surface area is 131 Å². The van der Waals surface area contributed by atoms with Crippen molar-refractivity contribution < 1.29 is 23.1 Å². The highest BCUT2D eigenvalue weighted by atomic mass is 31.2. The molecule has 0 amide bonds. The summed E-state index contributed by atoms with van der Waals surface area (Å²) in [6, 6.07) is 8.61. The molecule has 0 spiro atoms. The van der Waals surface area contributed by atoms with Crippen molar-refractivity contribution in [1.82, 2.24) is 5.09 Å². The van der Waals surface area contributed by atoms with Crippen LogP contribution in [-0.4, -0.2) is 26.2 Å². The van der Waals surface area contributed by atoms with E-state index in [0.717, 1.165) is 12.8 Å². The van der Waals surface area contributed by atoms with Gasteiger partial charge in [0.15, 0.2) is 0 Å². The van der Waals surface area contributed by atoms with Gasteiger partial charge < -0.3 is 9.26 Å². The number of para-hydroxylation sites is 1. The lowest BCUT2D eigenvalue weighted by Gasteiger charge is -2.18. The molecule has 7 heteroatoms. The zero-order chi connectivity index (χ0) is 16.4. The van der Waals surface area contributed by atoms with Crippen LogP contribution in [0.1, 0.15) is 26.7 Å². The van der Waals surface area contributed by atoms with Gasteiger partial charge in [0.05, 0.1) is 6.61 Å². The molecule has 0 saturated heterocycles. The number of carbonyl (C=O) groups is 1. The van der Waals surface area contributed by atoms with Gasteiger partial charge in [0, 0.05) is 7.11 Å². The zero-order valence-corrected chi connectivity index (χ0v) is 14.2. The van der Waals surface area contributed by atoms with Crippen molar-refractivity contribution in [1.29, 1.82) is 0 Å². The summed E-state index contributed by atoms with van der Waals surface area (Å²) in [5.41, 5.74) is 0. The Bertz CT molecular complexity index is 490. The van der Waals surface area contributed by atoms with Gasteiger partial charge in [-0.3, -0.25) is 9.32 Å². The van der Waals surface area contributed by atoms with Crippen LogP contribution < -0.4 is 9.61 Å². The lowest BCUT2D eigenvalue weighted by Crippen LogP contribution is -2.26. The van der Waals surface area contributed by atoms with Crippen molar-refractivity contribution in [2.45, 2.75) is 26.7 Å². The van der Waals surface area contributed by atoms with E-state index in [-0.39, 0.29) is 6.54 Å². The molecule has 1 unspecified atom stereocenters. The van der Waals surface area contributed by atoms with Gasteiger partial charge in [0.2, 0.25) is 0 Å². The van der Waals surface area contributed by atoms with Crippen LogP contribution in [0.25, 0.3) is 0 Å². The highest BCUT2D eigenvalue weighted by Gasteiger charge is 2.26. The molecule has 22 heavy (non-hydrogen) atoms. The zero-order valence-electron chi connectivity index (χ0n) is 13.3. The molecule has 0 saturated carbocycles. The molecule has 1 aromatic rings. The Morgan fingerprint density at radius 1 is 1.23 bits per heavy atom. The molecule has 0 aliphatic heterocycles. The number of nitrogens with one attached hydrogen (secondary N) is 1. The van der Waals surface area contributed by atoms with E-state index < -0.39 is 13.7 Å². The van der Waals surface area contributed by atoms with E-state index in [1.807, 2.05) is 19.9 Å². The van der Waals surface area contributed by atoms with E-state index in [1.165, 1.54) is 7.11 Å². The summed E-state index contributed by atoms with van der Waals surface area (Å²) in [7, 11) is -2.33. The first-order chi connectivity index (χ1) is 10.5. The van der Waals surface area contributed by atoms with E-state index in [0.29, 0.717) is 18.3 Å². The lowest BCUT2D eigenvalue weighted by atomic mass is 10.1. The van der Waals surface area contributed by atoms with Gasteiger partial charge in [0.25, 0.3) is 0 Å². The topological polar surface area (TPSA) is 73.9 Å². The van der Waals surface area contributed by atoms with E-state index >= 15 is 0 Å². The van der Waals surface area contributed by atoms with Crippen molar-refractivity contribution in [2.75, 3.05) is 20.3 Å². The fourth-order valence-corrected chi connectivity index (χ4v) is 2.69. The average molecular weight is 329 g/mol. The SMILES string of the molecule is CCC(CC)COC(=O)CNP(=O)(OC)Oc1ccccc1. The average Bonchev–Trinajstić information content (AvgIpc) is 2.55. The smallest absolute Gasteiger partial charge is 0.458 e. The van der Waals surface area contributed by atoms with Gasteiger partial charge in [-0.05, 0) is 18.1 Å². The molecule has 0 radical (unpaired) electrons. The summed E-state index contributed by atoms with van der Waals surface area (Å²) in [5.74, 6) is 0.255. The van der Waals surface area contributed by atoms with Crippen LogP contribution in [0.2, 0.25) is 0 Å². The summed E-state index contributed by atoms with van der Waals surface area (Å²) in [6.07, 6.45) is 1.90. The lowest BCUT2D eigenvalue weighted by molar-refractivity contribution is -0.143. The Hall–Kier alpha value is -1.36. The van der Waals surface area contributed by atoms with E-state index in [9.17, 15) is 9.36 Å².